The number of hydrogen-bond donors (Lipinski definition) is 0. The van der Waals surface area contributed by atoms with Crippen molar-refractivity contribution in [2.45, 2.75) is 38.6 Å². The van der Waals surface area contributed by atoms with E-state index >= 15 is 0 Å². The second-order valence-electron chi connectivity index (χ2n) is 6.04. The molecule has 1 saturated heterocycles. The Morgan fingerprint density at radius 3 is 2.76 bits per heavy atom. The summed E-state index contributed by atoms with van der Waals surface area (Å²) in [7, 11) is 0. The number of benzene rings is 1. The lowest BCUT2D eigenvalue weighted by Crippen LogP contribution is -2.32. The third kappa shape index (κ3) is 1.61. The van der Waals surface area contributed by atoms with E-state index in [1.165, 1.54) is 18.5 Å². The smallest absolute Gasteiger partial charge is 0.126 e. The maximum Gasteiger partial charge on any atom is 0.126 e. The highest BCUT2D eigenvalue weighted by atomic mass is 19.1. The Morgan fingerprint density at radius 2 is 2.18 bits per heavy atom. The summed E-state index contributed by atoms with van der Waals surface area (Å²) in [6.07, 6.45) is 1.29. The number of halogens is 1. The van der Waals surface area contributed by atoms with Gasteiger partial charge in [-0.2, -0.15) is 0 Å². The fraction of sp³-hybridized carbons (Fsp3) is 0.600. The first kappa shape index (κ1) is 11.2. The summed E-state index contributed by atoms with van der Waals surface area (Å²) >= 11 is 0. The van der Waals surface area contributed by atoms with Crippen molar-refractivity contribution < 1.29 is 4.39 Å². The van der Waals surface area contributed by atoms with Crippen molar-refractivity contribution in [1.82, 2.24) is 4.90 Å². The first-order chi connectivity index (χ1) is 8.03. The van der Waals surface area contributed by atoms with Gasteiger partial charge in [-0.15, -0.1) is 0 Å². The van der Waals surface area contributed by atoms with E-state index in [1.54, 1.807) is 6.07 Å². The summed E-state index contributed by atoms with van der Waals surface area (Å²) in [5, 5.41) is 0. The van der Waals surface area contributed by atoms with Crippen molar-refractivity contribution in [3.05, 3.63) is 35.1 Å². The Bertz CT molecular complexity index is 454. The zero-order chi connectivity index (χ0) is 12.2. The topological polar surface area (TPSA) is 3.24 Å². The van der Waals surface area contributed by atoms with Crippen molar-refractivity contribution in [1.29, 1.82) is 0 Å². The summed E-state index contributed by atoms with van der Waals surface area (Å²) in [5.41, 5.74) is 2.48. The van der Waals surface area contributed by atoms with Crippen LogP contribution in [0, 0.1) is 18.7 Å². The molecule has 1 nitrogen and oxygen atoms in total. The Hall–Kier alpha value is -0.890. The highest BCUT2D eigenvalue weighted by Gasteiger charge is 2.60. The van der Waals surface area contributed by atoms with Crippen LogP contribution >= 0.6 is 0 Å². The molecule has 92 valence electrons. The number of nitrogens with zero attached hydrogens (tertiary/aromatic N) is 1. The highest BCUT2D eigenvalue weighted by molar-refractivity contribution is 5.39. The van der Waals surface area contributed by atoms with Crippen molar-refractivity contribution in [3.8, 4) is 0 Å². The molecule has 17 heavy (non-hydrogen) atoms. The van der Waals surface area contributed by atoms with Gasteiger partial charge in [0.05, 0.1) is 0 Å². The van der Waals surface area contributed by atoms with Crippen LogP contribution in [0.2, 0.25) is 0 Å². The fourth-order valence-corrected chi connectivity index (χ4v) is 3.32. The third-order valence-corrected chi connectivity index (χ3v) is 4.64. The molecular formula is C15H20FN. The predicted octanol–water partition coefficient (Wildman–Crippen LogP) is 3.12. The molecule has 2 unspecified atom stereocenters. The molecule has 0 bridgehead atoms. The number of rotatable bonds is 2. The fourth-order valence-electron chi connectivity index (χ4n) is 3.32. The van der Waals surface area contributed by atoms with E-state index in [0.29, 0.717) is 11.5 Å². The van der Waals surface area contributed by atoms with Gasteiger partial charge >= 0.3 is 0 Å². The zero-order valence-electron chi connectivity index (χ0n) is 10.8. The van der Waals surface area contributed by atoms with E-state index in [-0.39, 0.29) is 5.82 Å². The van der Waals surface area contributed by atoms with Crippen LogP contribution in [-0.2, 0) is 5.41 Å². The molecule has 0 amide bonds. The average Bonchev–Trinajstić information content (AvgIpc) is 2.85. The van der Waals surface area contributed by atoms with E-state index in [1.807, 2.05) is 13.0 Å². The average molecular weight is 233 g/mol. The minimum Gasteiger partial charge on any atom is -0.300 e. The van der Waals surface area contributed by atoms with Crippen LogP contribution in [0.25, 0.3) is 0 Å². The monoisotopic (exact) mass is 233 g/mol. The molecule has 2 aliphatic rings. The van der Waals surface area contributed by atoms with Gasteiger partial charge in [0.2, 0.25) is 0 Å². The van der Waals surface area contributed by atoms with Gasteiger partial charge in [-0.3, -0.25) is 4.90 Å². The lowest BCUT2D eigenvalue weighted by Gasteiger charge is -2.24. The largest absolute Gasteiger partial charge is 0.300 e. The number of aryl methyl sites for hydroxylation is 1. The SMILES string of the molecule is Cc1cc(C23CC2CN(C(C)C)C3)ccc1F. The van der Waals surface area contributed by atoms with Gasteiger partial charge in [0.15, 0.2) is 0 Å². The van der Waals surface area contributed by atoms with Gasteiger partial charge in [-0.1, -0.05) is 12.1 Å². The number of piperidine rings is 1. The van der Waals surface area contributed by atoms with E-state index < -0.39 is 0 Å². The molecule has 0 aromatic heterocycles. The minimum absolute atomic E-state index is 0.0823. The molecule has 2 atom stereocenters. The van der Waals surface area contributed by atoms with Crippen LogP contribution in [-0.4, -0.2) is 24.0 Å². The number of likely N-dealkylation sites (tertiary alicyclic amines) is 1. The van der Waals surface area contributed by atoms with E-state index in [4.69, 9.17) is 0 Å². The van der Waals surface area contributed by atoms with Crippen LogP contribution in [0.5, 0.6) is 0 Å². The lowest BCUT2D eigenvalue weighted by molar-refractivity contribution is 0.243. The molecule has 1 aromatic rings. The molecule has 2 heteroatoms. The normalized spacial score (nSPS) is 31.9. The second-order valence-corrected chi connectivity index (χ2v) is 6.04. The van der Waals surface area contributed by atoms with Crippen LogP contribution < -0.4 is 0 Å². The molecule has 1 saturated carbocycles. The maximum absolute atomic E-state index is 13.3. The highest BCUT2D eigenvalue weighted by Crippen LogP contribution is 2.59. The summed E-state index contributed by atoms with van der Waals surface area (Å²) < 4.78 is 13.3. The Morgan fingerprint density at radius 1 is 1.41 bits per heavy atom. The molecule has 2 fully saturated rings. The van der Waals surface area contributed by atoms with Crippen LogP contribution in [0.1, 0.15) is 31.4 Å². The molecule has 1 aromatic carbocycles. The molecule has 1 aliphatic carbocycles. The first-order valence-corrected chi connectivity index (χ1v) is 6.53. The quantitative estimate of drug-likeness (QED) is 0.758. The van der Waals surface area contributed by atoms with Crippen LogP contribution in [0.15, 0.2) is 18.2 Å². The Labute approximate surface area is 103 Å². The summed E-state index contributed by atoms with van der Waals surface area (Å²) in [4.78, 5) is 2.55. The predicted molar refractivity (Wildman–Crippen MR) is 67.6 cm³/mol. The van der Waals surface area contributed by atoms with Crippen molar-refractivity contribution in [2.75, 3.05) is 13.1 Å². The zero-order valence-corrected chi connectivity index (χ0v) is 10.8. The number of fused-ring (bicyclic) bond motifs is 1. The van der Waals surface area contributed by atoms with Gasteiger partial charge in [0.25, 0.3) is 0 Å². The van der Waals surface area contributed by atoms with Crippen molar-refractivity contribution in [2.24, 2.45) is 5.92 Å². The van der Waals surface area contributed by atoms with E-state index in [9.17, 15) is 4.39 Å². The molecule has 3 rings (SSSR count). The summed E-state index contributed by atoms with van der Waals surface area (Å²) in [6, 6.07) is 6.30. The van der Waals surface area contributed by atoms with Gasteiger partial charge in [0.1, 0.15) is 5.82 Å². The van der Waals surface area contributed by atoms with Gasteiger partial charge in [-0.25, -0.2) is 4.39 Å². The van der Waals surface area contributed by atoms with Crippen LogP contribution in [0.3, 0.4) is 0 Å². The second kappa shape index (κ2) is 3.55. The lowest BCUT2D eigenvalue weighted by atomic mass is 9.93. The Kier molecular flexibility index (Phi) is 2.34. The first-order valence-electron chi connectivity index (χ1n) is 6.53. The third-order valence-electron chi connectivity index (χ3n) is 4.64. The Balaban J connectivity index is 1.88. The van der Waals surface area contributed by atoms with Crippen molar-refractivity contribution >= 4 is 0 Å². The molecule has 1 heterocycles. The minimum atomic E-state index is -0.0823. The maximum atomic E-state index is 13.3. The summed E-state index contributed by atoms with van der Waals surface area (Å²) in [5.74, 6) is 0.718. The molecule has 1 aliphatic heterocycles. The number of hydrogen-bond acceptors (Lipinski definition) is 1. The van der Waals surface area contributed by atoms with Crippen molar-refractivity contribution in [3.63, 3.8) is 0 Å². The van der Waals surface area contributed by atoms with Gasteiger partial charge in [-0.05, 0) is 50.3 Å². The molecule has 0 spiro atoms. The van der Waals surface area contributed by atoms with E-state index in [0.717, 1.165) is 18.0 Å². The van der Waals surface area contributed by atoms with E-state index in [2.05, 4.69) is 24.8 Å². The van der Waals surface area contributed by atoms with Gasteiger partial charge < -0.3 is 0 Å². The standard InChI is InChI=1S/C15H20FN/c1-10(2)17-8-13-7-15(13,9-17)12-4-5-14(16)11(3)6-12/h4-6,10,13H,7-9H2,1-3H3. The molecule has 0 radical (unpaired) electrons. The summed E-state index contributed by atoms with van der Waals surface area (Å²) in [6.45, 7) is 8.75. The van der Waals surface area contributed by atoms with Gasteiger partial charge in [0, 0.05) is 24.5 Å². The molecule has 0 N–H and O–H groups in total. The molecular weight excluding hydrogens is 213 g/mol. The van der Waals surface area contributed by atoms with Crippen LogP contribution in [0.4, 0.5) is 4.39 Å².